The maximum Gasteiger partial charge on any atom is 0.215 e. The summed E-state index contributed by atoms with van der Waals surface area (Å²) in [5.74, 6) is 0.701. The second-order valence-corrected chi connectivity index (χ2v) is 4.34. The smallest absolute Gasteiger partial charge is 0.215 e. The Morgan fingerprint density at radius 1 is 1.43 bits per heavy atom. The van der Waals surface area contributed by atoms with Crippen LogP contribution in [0.2, 0.25) is 0 Å². The summed E-state index contributed by atoms with van der Waals surface area (Å²) in [5, 5.41) is 0. The molecule has 0 fully saturated rings. The van der Waals surface area contributed by atoms with Gasteiger partial charge in [0.1, 0.15) is 5.82 Å². The van der Waals surface area contributed by atoms with Crippen molar-refractivity contribution in [2.75, 3.05) is 4.90 Å². The molecule has 1 aromatic rings. The topological polar surface area (TPSA) is 33.2 Å². The zero-order valence-corrected chi connectivity index (χ0v) is 9.11. The Morgan fingerprint density at radius 2 is 2.07 bits per heavy atom. The number of hydrogen-bond acceptors (Lipinski definition) is 2. The van der Waals surface area contributed by atoms with Gasteiger partial charge in [0.05, 0.1) is 0 Å². The minimum absolute atomic E-state index is 0.234. The van der Waals surface area contributed by atoms with Gasteiger partial charge in [-0.05, 0) is 45.4 Å². The highest BCUT2D eigenvalue weighted by molar-refractivity contribution is 5.74. The Kier molecular flexibility index (Phi) is 2.89. The monoisotopic (exact) mass is 192 g/mol. The SMILES string of the molecule is Cc1ccnc(N(C=O)C(C)(C)C)c1. The van der Waals surface area contributed by atoms with Crippen LogP contribution in [-0.2, 0) is 4.79 Å². The minimum Gasteiger partial charge on any atom is -0.294 e. The normalized spacial score (nSPS) is 11.1. The summed E-state index contributed by atoms with van der Waals surface area (Å²) in [6, 6.07) is 3.81. The number of carbonyl (C=O) groups is 1. The fraction of sp³-hybridized carbons (Fsp3) is 0.455. The van der Waals surface area contributed by atoms with Crippen LogP contribution in [0, 0.1) is 6.92 Å². The Labute approximate surface area is 84.8 Å². The molecule has 14 heavy (non-hydrogen) atoms. The molecule has 0 saturated heterocycles. The fourth-order valence-electron chi connectivity index (χ4n) is 1.21. The molecular formula is C11H16N2O. The van der Waals surface area contributed by atoms with Crippen molar-refractivity contribution in [3.63, 3.8) is 0 Å². The Balaban J connectivity index is 3.07. The van der Waals surface area contributed by atoms with Gasteiger partial charge in [-0.25, -0.2) is 4.98 Å². The molecule has 0 unspecified atom stereocenters. The van der Waals surface area contributed by atoms with E-state index in [-0.39, 0.29) is 5.54 Å². The summed E-state index contributed by atoms with van der Waals surface area (Å²) in [6.07, 6.45) is 2.54. The van der Waals surface area contributed by atoms with Crippen LogP contribution < -0.4 is 4.90 Å². The quantitative estimate of drug-likeness (QED) is 0.673. The van der Waals surface area contributed by atoms with Gasteiger partial charge in [-0.2, -0.15) is 0 Å². The van der Waals surface area contributed by atoms with Crippen molar-refractivity contribution in [3.05, 3.63) is 23.9 Å². The second-order valence-electron chi connectivity index (χ2n) is 4.34. The summed E-state index contributed by atoms with van der Waals surface area (Å²) >= 11 is 0. The molecule has 0 spiro atoms. The molecule has 0 saturated carbocycles. The number of amides is 1. The standard InChI is InChI=1S/C11H16N2O/c1-9-5-6-12-10(7-9)13(8-14)11(2,3)4/h5-8H,1-4H3. The van der Waals surface area contributed by atoms with Crippen molar-refractivity contribution < 1.29 is 4.79 Å². The van der Waals surface area contributed by atoms with Gasteiger partial charge in [-0.15, -0.1) is 0 Å². The van der Waals surface area contributed by atoms with Crippen molar-refractivity contribution in [2.45, 2.75) is 33.2 Å². The second kappa shape index (κ2) is 3.78. The summed E-state index contributed by atoms with van der Waals surface area (Å²) in [5.41, 5.74) is 0.869. The minimum atomic E-state index is -0.234. The van der Waals surface area contributed by atoms with Crippen LogP contribution in [0.15, 0.2) is 18.3 Å². The van der Waals surface area contributed by atoms with E-state index in [1.165, 1.54) is 0 Å². The first kappa shape index (κ1) is 10.7. The van der Waals surface area contributed by atoms with Crippen LogP contribution in [-0.4, -0.2) is 16.9 Å². The number of anilines is 1. The predicted molar refractivity (Wildman–Crippen MR) is 57.3 cm³/mol. The molecule has 0 radical (unpaired) electrons. The molecule has 0 atom stereocenters. The third kappa shape index (κ3) is 2.31. The van der Waals surface area contributed by atoms with Gasteiger partial charge in [0.25, 0.3) is 0 Å². The molecule has 1 rings (SSSR count). The number of aromatic nitrogens is 1. The van der Waals surface area contributed by atoms with Crippen molar-refractivity contribution in [2.24, 2.45) is 0 Å². The highest BCUT2D eigenvalue weighted by Gasteiger charge is 2.21. The van der Waals surface area contributed by atoms with E-state index in [1.807, 2.05) is 39.8 Å². The highest BCUT2D eigenvalue weighted by atomic mass is 16.1. The Morgan fingerprint density at radius 3 is 2.50 bits per heavy atom. The molecule has 0 aromatic carbocycles. The van der Waals surface area contributed by atoms with E-state index in [9.17, 15) is 4.79 Å². The summed E-state index contributed by atoms with van der Waals surface area (Å²) in [4.78, 5) is 16.7. The third-order valence-corrected chi connectivity index (χ3v) is 1.98. The zero-order valence-electron chi connectivity index (χ0n) is 9.11. The van der Waals surface area contributed by atoms with Gasteiger partial charge in [-0.3, -0.25) is 9.69 Å². The number of carbonyl (C=O) groups excluding carboxylic acids is 1. The zero-order chi connectivity index (χ0) is 10.8. The molecule has 0 aliphatic rings. The maximum atomic E-state index is 10.9. The molecule has 3 heteroatoms. The van der Waals surface area contributed by atoms with Gasteiger partial charge in [0.2, 0.25) is 6.41 Å². The van der Waals surface area contributed by atoms with Gasteiger partial charge in [0, 0.05) is 11.7 Å². The van der Waals surface area contributed by atoms with Crippen LogP contribution in [0.1, 0.15) is 26.3 Å². The number of rotatable bonds is 2. The molecule has 1 aromatic heterocycles. The van der Waals surface area contributed by atoms with Gasteiger partial charge in [0.15, 0.2) is 0 Å². The van der Waals surface area contributed by atoms with Crippen molar-refractivity contribution in [1.29, 1.82) is 0 Å². The van der Waals surface area contributed by atoms with Crippen LogP contribution in [0.3, 0.4) is 0 Å². The number of aryl methyl sites for hydroxylation is 1. The molecule has 0 aliphatic carbocycles. The Bertz CT molecular complexity index is 328. The molecule has 0 N–H and O–H groups in total. The fourth-order valence-corrected chi connectivity index (χ4v) is 1.21. The largest absolute Gasteiger partial charge is 0.294 e. The first-order valence-corrected chi connectivity index (χ1v) is 4.62. The van der Waals surface area contributed by atoms with E-state index in [0.717, 1.165) is 12.0 Å². The number of pyridine rings is 1. The van der Waals surface area contributed by atoms with Crippen molar-refractivity contribution >= 4 is 12.2 Å². The van der Waals surface area contributed by atoms with Crippen LogP contribution in [0.5, 0.6) is 0 Å². The van der Waals surface area contributed by atoms with Gasteiger partial charge < -0.3 is 0 Å². The summed E-state index contributed by atoms with van der Waals surface area (Å²) in [6.45, 7) is 7.92. The van der Waals surface area contributed by atoms with E-state index in [4.69, 9.17) is 0 Å². The lowest BCUT2D eigenvalue weighted by Gasteiger charge is -2.31. The third-order valence-electron chi connectivity index (χ3n) is 1.98. The molecular weight excluding hydrogens is 176 g/mol. The molecule has 0 aliphatic heterocycles. The Hall–Kier alpha value is -1.38. The molecule has 0 bridgehead atoms. The van der Waals surface area contributed by atoms with Crippen LogP contribution in [0.25, 0.3) is 0 Å². The lowest BCUT2D eigenvalue weighted by atomic mass is 10.1. The lowest BCUT2D eigenvalue weighted by molar-refractivity contribution is -0.108. The van der Waals surface area contributed by atoms with Crippen molar-refractivity contribution in [1.82, 2.24) is 4.98 Å². The lowest BCUT2D eigenvalue weighted by Crippen LogP contribution is -2.40. The molecule has 3 nitrogen and oxygen atoms in total. The highest BCUT2D eigenvalue weighted by Crippen LogP contribution is 2.20. The van der Waals surface area contributed by atoms with E-state index >= 15 is 0 Å². The summed E-state index contributed by atoms with van der Waals surface area (Å²) < 4.78 is 0. The number of nitrogens with zero attached hydrogens (tertiary/aromatic N) is 2. The average molecular weight is 192 g/mol. The first-order chi connectivity index (χ1) is 6.45. The molecule has 1 amide bonds. The molecule has 76 valence electrons. The number of hydrogen-bond donors (Lipinski definition) is 0. The molecule has 1 heterocycles. The van der Waals surface area contributed by atoms with E-state index in [2.05, 4.69) is 4.98 Å². The maximum absolute atomic E-state index is 10.9. The van der Waals surface area contributed by atoms with E-state index in [1.54, 1.807) is 11.1 Å². The van der Waals surface area contributed by atoms with Crippen LogP contribution >= 0.6 is 0 Å². The van der Waals surface area contributed by atoms with E-state index in [0.29, 0.717) is 5.82 Å². The first-order valence-electron chi connectivity index (χ1n) is 4.62. The van der Waals surface area contributed by atoms with Gasteiger partial charge in [-0.1, -0.05) is 0 Å². The summed E-state index contributed by atoms with van der Waals surface area (Å²) in [7, 11) is 0. The van der Waals surface area contributed by atoms with Crippen molar-refractivity contribution in [3.8, 4) is 0 Å². The van der Waals surface area contributed by atoms with Gasteiger partial charge >= 0.3 is 0 Å². The van der Waals surface area contributed by atoms with E-state index < -0.39 is 0 Å². The average Bonchev–Trinajstić information content (AvgIpc) is 2.02. The predicted octanol–water partition coefficient (Wildman–Crippen LogP) is 2.15. The van der Waals surface area contributed by atoms with Crippen LogP contribution in [0.4, 0.5) is 5.82 Å².